The number of aliphatic imine (C=N–C) groups is 1. The molecule has 1 heterocycles. The molecular formula is C12H26N6. The van der Waals surface area contributed by atoms with Crippen molar-refractivity contribution in [1.82, 2.24) is 15.1 Å². The van der Waals surface area contributed by atoms with E-state index in [1.807, 2.05) is 6.08 Å². The third-order valence-corrected chi connectivity index (χ3v) is 2.92. The number of nitrogens with one attached hydrogen (secondary N) is 1. The predicted octanol–water partition coefficient (Wildman–Crippen LogP) is -0.653. The van der Waals surface area contributed by atoms with Gasteiger partial charge in [0.2, 0.25) is 0 Å². The Morgan fingerprint density at radius 3 is 2.67 bits per heavy atom. The van der Waals surface area contributed by atoms with Gasteiger partial charge in [0.1, 0.15) is 5.82 Å². The second kappa shape index (κ2) is 6.72. The van der Waals surface area contributed by atoms with Crippen LogP contribution in [-0.2, 0) is 0 Å². The molecule has 1 atom stereocenters. The van der Waals surface area contributed by atoms with Gasteiger partial charge in [0.05, 0.1) is 0 Å². The summed E-state index contributed by atoms with van der Waals surface area (Å²) in [6.07, 6.45) is 5.42. The highest BCUT2D eigenvalue weighted by atomic mass is 15.3. The monoisotopic (exact) mass is 254 g/mol. The number of hydrogen-bond acceptors (Lipinski definition) is 6. The highest BCUT2D eigenvalue weighted by Crippen LogP contribution is 2.12. The van der Waals surface area contributed by atoms with E-state index in [4.69, 9.17) is 11.5 Å². The molecule has 0 aromatic heterocycles. The fraction of sp³-hybridized carbons (Fsp3) is 0.750. The molecule has 0 radical (unpaired) electrons. The molecule has 18 heavy (non-hydrogen) atoms. The fourth-order valence-electron chi connectivity index (χ4n) is 1.85. The van der Waals surface area contributed by atoms with Crippen LogP contribution in [-0.4, -0.2) is 62.6 Å². The molecule has 0 bridgehead atoms. The molecule has 104 valence electrons. The SMILES string of the molecule is CN(C)CCCN(C)C1=CC=NC(N)(CCN)N1. The average molecular weight is 254 g/mol. The molecule has 6 nitrogen and oxygen atoms in total. The first-order valence-electron chi connectivity index (χ1n) is 6.35. The van der Waals surface area contributed by atoms with Crippen molar-refractivity contribution in [2.24, 2.45) is 16.5 Å². The maximum absolute atomic E-state index is 6.11. The lowest BCUT2D eigenvalue weighted by atomic mass is 10.2. The number of nitrogens with two attached hydrogens (primary N) is 2. The second-order valence-corrected chi connectivity index (χ2v) is 5.00. The first kappa shape index (κ1) is 14.9. The van der Waals surface area contributed by atoms with E-state index in [1.54, 1.807) is 6.21 Å². The Morgan fingerprint density at radius 2 is 2.06 bits per heavy atom. The van der Waals surface area contributed by atoms with Crippen molar-refractivity contribution in [3.05, 3.63) is 11.9 Å². The minimum Gasteiger partial charge on any atom is -0.361 e. The minimum atomic E-state index is -0.755. The molecule has 0 aromatic rings. The summed E-state index contributed by atoms with van der Waals surface area (Å²) in [5.74, 6) is 0.244. The van der Waals surface area contributed by atoms with Gasteiger partial charge in [-0.1, -0.05) is 0 Å². The molecule has 1 unspecified atom stereocenters. The van der Waals surface area contributed by atoms with E-state index < -0.39 is 5.79 Å². The van der Waals surface area contributed by atoms with Gasteiger partial charge in [0.15, 0.2) is 5.79 Å². The van der Waals surface area contributed by atoms with Crippen LogP contribution in [0.3, 0.4) is 0 Å². The van der Waals surface area contributed by atoms with Gasteiger partial charge in [-0.15, -0.1) is 0 Å². The lowest BCUT2D eigenvalue weighted by molar-refractivity contribution is 0.277. The quantitative estimate of drug-likeness (QED) is 0.562. The van der Waals surface area contributed by atoms with Gasteiger partial charge in [-0.25, -0.2) is 0 Å². The minimum absolute atomic E-state index is 0.512. The summed E-state index contributed by atoms with van der Waals surface area (Å²) < 4.78 is 0. The van der Waals surface area contributed by atoms with Crippen LogP contribution in [0.4, 0.5) is 0 Å². The number of allylic oxidation sites excluding steroid dienone is 1. The third kappa shape index (κ3) is 4.64. The maximum atomic E-state index is 6.11. The Bertz CT molecular complexity index is 312. The smallest absolute Gasteiger partial charge is 0.184 e. The number of hydrogen-bond donors (Lipinski definition) is 3. The van der Waals surface area contributed by atoms with Crippen LogP contribution < -0.4 is 16.8 Å². The Balaban J connectivity index is 2.46. The van der Waals surface area contributed by atoms with E-state index in [-0.39, 0.29) is 0 Å². The number of nitrogens with zero attached hydrogens (tertiary/aromatic N) is 3. The Kier molecular flexibility index (Phi) is 5.58. The molecule has 1 rings (SSSR count). The zero-order valence-electron chi connectivity index (χ0n) is 11.7. The molecule has 5 N–H and O–H groups in total. The van der Waals surface area contributed by atoms with Crippen molar-refractivity contribution >= 4 is 6.21 Å². The Hall–Kier alpha value is -1.11. The van der Waals surface area contributed by atoms with Crippen LogP contribution >= 0.6 is 0 Å². The van der Waals surface area contributed by atoms with Crippen LogP contribution in [0.25, 0.3) is 0 Å². The highest BCUT2D eigenvalue weighted by Gasteiger charge is 2.25. The lowest BCUT2D eigenvalue weighted by Gasteiger charge is -2.35. The molecule has 0 amide bonds. The van der Waals surface area contributed by atoms with Crippen molar-refractivity contribution in [2.75, 3.05) is 40.8 Å². The molecule has 0 spiro atoms. The van der Waals surface area contributed by atoms with Crippen molar-refractivity contribution in [3.8, 4) is 0 Å². The summed E-state index contributed by atoms with van der Waals surface area (Å²) >= 11 is 0. The van der Waals surface area contributed by atoms with Crippen LogP contribution in [0.1, 0.15) is 12.8 Å². The van der Waals surface area contributed by atoms with Crippen molar-refractivity contribution in [1.29, 1.82) is 0 Å². The molecule has 0 saturated carbocycles. The van der Waals surface area contributed by atoms with Gasteiger partial charge in [-0.2, -0.15) is 0 Å². The predicted molar refractivity (Wildman–Crippen MR) is 76.1 cm³/mol. The molecule has 0 aromatic carbocycles. The summed E-state index contributed by atoms with van der Waals surface area (Å²) in [7, 11) is 6.21. The lowest BCUT2D eigenvalue weighted by Crippen LogP contribution is -2.56. The van der Waals surface area contributed by atoms with E-state index in [9.17, 15) is 0 Å². The van der Waals surface area contributed by atoms with Crippen LogP contribution in [0.2, 0.25) is 0 Å². The van der Waals surface area contributed by atoms with E-state index in [2.05, 4.69) is 41.3 Å². The first-order chi connectivity index (χ1) is 8.47. The molecular weight excluding hydrogens is 228 g/mol. The van der Waals surface area contributed by atoms with Gasteiger partial charge in [0, 0.05) is 26.2 Å². The zero-order valence-corrected chi connectivity index (χ0v) is 11.7. The van der Waals surface area contributed by atoms with Crippen LogP contribution in [0, 0.1) is 0 Å². The summed E-state index contributed by atoms with van der Waals surface area (Å²) in [4.78, 5) is 8.58. The third-order valence-electron chi connectivity index (χ3n) is 2.92. The Labute approximate surface area is 110 Å². The molecule has 0 saturated heterocycles. The fourth-order valence-corrected chi connectivity index (χ4v) is 1.85. The van der Waals surface area contributed by atoms with E-state index in [0.29, 0.717) is 13.0 Å². The first-order valence-corrected chi connectivity index (χ1v) is 6.35. The molecule has 1 aliphatic heterocycles. The molecule has 6 heteroatoms. The van der Waals surface area contributed by atoms with Crippen LogP contribution in [0.15, 0.2) is 16.9 Å². The summed E-state index contributed by atoms with van der Waals surface area (Å²) in [6.45, 7) is 2.56. The van der Waals surface area contributed by atoms with Crippen LogP contribution in [0.5, 0.6) is 0 Å². The summed E-state index contributed by atoms with van der Waals surface area (Å²) in [5, 5.41) is 3.24. The Morgan fingerprint density at radius 1 is 1.33 bits per heavy atom. The topological polar surface area (TPSA) is 82.9 Å². The zero-order chi connectivity index (χ0) is 13.6. The van der Waals surface area contributed by atoms with E-state index in [1.165, 1.54) is 0 Å². The van der Waals surface area contributed by atoms with E-state index >= 15 is 0 Å². The van der Waals surface area contributed by atoms with Gasteiger partial charge in [0.25, 0.3) is 0 Å². The molecule has 0 fully saturated rings. The standard InChI is InChI=1S/C12H26N6/c1-17(2)9-4-10-18(3)11-5-8-15-12(14,16-11)6-7-13/h5,8,16H,4,6-7,9-10,13-14H2,1-3H3. The average Bonchev–Trinajstić information content (AvgIpc) is 2.28. The van der Waals surface area contributed by atoms with Gasteiger partial charge < -0.3 is 20.9 Å². The second-order valence-electron chi connectivity index (χ2n) is 5.00. The summed E-state index contributed by atoms with van der Waals surface area (Å²) in [6, 6.07) is 0. The van der Waals surface area contributed by atoms with Crippen molar-refractivity contribution < 1.29 is 0 Å². The van der Waals surface area contributed by atoms with Gasteiger partial charge in [-0.05, 0) is 39.7 Å². The largest absolute Gasteiger partial charge is 0.361 e. The molecule has 1 aliphatic rings. The van der Waals surface area contributed by atoms with Gasteiger partial charge in [-0.3, -0.25) is 10.7 Å². The maximum Gasteiger partial charge on any atom is 0.184 e. The van der Waals surface area contributed by atoms with Gasteiger partial charge >= 0.3 is 0 Å². The van der Waals surface area contributed by atoms with Crippen molar-refractivity contribution in [2.45, 2.75) is 18.6 Å². The summed E-state index contributed by atoms with van der Waals surface area (Å²) in [5.41, 5.74) is 11.7. The number of rotatable bonds is 7. The van der Waals surface area contributed by atoms with Crippen molar-refractivity contribution in [3.63, 3.8) is 0 Å². The van der Waals surface area contributed by atoms with E-state index in [0.717, 1.165) is 25.3 Å². The molecule has 0 aliphatic carbocycles. The normalized spacial score (nSPS) is 22.9. The highest BCUT2D eigenvalue weighted by molar-refractivity contribution is 5.73.